The zero-order valence-electron chi connectivity index (χ0n) is 16.0. The zero-order chi connectivity index (χ0) is 19.5. The summed E-state index contributed by atoms with van der Waals surface area (Å²) in [6.07, 6.45) is 2.67. The molecule has 28 heavy (non-hydrogen) atoms. The highest BCUT2D eigenvalue weighted by atomic mass is 32.1. The van der Waals surface area contributed by atoms with Gasteiger partial charge in [0.05, 0.1) is 11.7 Å². The van der Waals surface area contributed by atoms with Crippen LogP contribution >= 0.6 is 11.3 Å². The van der Waals surface area contributed by atoms with Crippen molar-refractivity contribution < 1.29 is 4.79 Å². The molecule has 146 valence electrons. The summed E-state index contributed by atoms with van der Waals surface area (Å²) in [5, 5.41) is 24.1. The van der Waals surface area contributed by atoms with Gasteiger partial charge in [0, 0.05) is 6.42 Å². The monoisotopic (exact) mass is 397 g/mol. The van der Waals surface area contributed by atoms with Crippen LogP contribution in [0, 0.1) is 13.8 Å². The molecule has 0 spiro atoms. The summed E-state index contributed by atoms with van der Waals surface area (Å²) in [5.41, 5.74) is 3.52. The van der Waals surface area contributed by atoms with E-state index in [1.54, 1.807) is 0 Å². The molecule has 3 aromatic rings. The van der Waals surface area contributed by atoms with Crippen LogP contribution in [0.1, 0.15) is 51.2 Å². The number of amides is 1. The minimum Gasteiger partial charge on any atom is -0.317 e. The van der Waals surface area contributed by atoms with Gasteiger partial charge in [-0.2, -0.15) is 0 Å². The first-order chi connectivity index (χ1) is 13.6. The van der Waals surface area contributed by atoms with Crippen LogP contribution in [0.25, 0.3) is 0 Å². The number of hydrogen-bond acceptors (Lipinski definition) is 7. The van der Waals surface area contributed by atoms with Crippen molar-refractivity contribution >= 4 is 22.4 Å². The first-order valence-electron chi connectivity index (χ1n) is 9.42. The van der Waals surface area contributed by atoms with Crippen LogP contribution in [-0.4, -0.2) is 44.2 Å². The molecule has 2 aromatic heterocycles. The number of carbonyl (C=O) groups is 1. The van der Waals surface area contributed by atoms with Gasteiger partial charge in [0.1, 0.15) is 5.01 Å². The third-order valence-corrected chi connectivity index (χ3v) is 5.80. The quantitative estimate of drug-likeness (QED) is 0.687. The van der Waals surface area contributed by atoms with E-state index in [9.17, 15) is 4.79 Å². The summed E-state index contributed by atoms with van der Waals surface area (Å²) in [4.78, 5) is 12.6. The van der Waals surface area contributed by atoms with Crippen molar-refractivity contribution in [3.05, 3.63) is 51.8 Å². The molecule has 1 saturated heterocycles. The maximum absolute atomic E-state index is 12.6. The van der Waals surface area contributed by atoms with E-state index in [-0.39, 0.29) is 11.9 Å². The zero-order valence-corrected chi connectivity index (χ0v) is 16.8. The highest BCUT2D eigenvalue weighted by Gasteiger charge is 2.23. The summed E-state index contributed by atoms with van der Waals surface area (Å²) >= 11 is 1.38. The second kappa shape index (κ2) is 8.15. The molecule has 1 aliphatic heterocycles. The number of carbonyl (C=O) groups excluding carboxylic acids is 1. The lowest BCUT2D eigenvalue weighted by atomic mass is 10.1. The van der Waals surface area contributed by atoms with Crippen LogP contribution < -0.4 is 10.6 Å². The maximum Gasteiger partial charge on any atom is 0.279 e. The van der Waals surface area contributed by atoms with E-state index < -0.39 is 0 Å². The van der Waals surface area contributed by atoms with Crippen molar-refractivity contribution in [2.24, 2.45) is 0 Å². The molecule has 1 aromatic carbocycles. The first kappa shape index (κ1) is 18.7. The van der Waals surface area contributed by atoms with Gasteiger partial charge in [-0.3, -0.25) is 10.1 Å². The minimum absolute atomic E-state index is 0.290. The van der Waals surface area contributed by atoms with Gasteiger partial charge in [-0.15, -0.1) is 15.3 Å². The van der Waals surface area contributed by atoms with Gasteiger partial charge >= 0.3 is 0 Å². The molecule has 1 fully saturated rings. The number of aromatic nitrogens is 5. The van der Waals surface area contributed by atoms with Gasteiger partial charge in [0.25, 0.3) is 5.91 Å². The fourth-order valence-electron chi connectivity index (χ4n) is 3.36. The molecule has 1 aliphatic rings. The van der Waals surface area contributed by atoms with E-state index in [0.29, 0.717) is 17.2 Å². The highest BCUT2D eigenvalue weighted by Crippen LogP contribution is 2.22. The summed E-state index contributed by atoms with van der Waals surface area (Å²) in [6, 6.07) is 8.61. The van der Waals surface area contributed by atoms with Gasteiger partial charge in [-0.05, 0) is 45.3 Å². The summed E-state index contributed by atoms with van der Waals surface area (Å²) in [7, 11) is 0. The van der Waals surface area contributed by atoms with Crippen LogP contribution in [0.15, 0.2) is 24.3 Å². The Kier molecular flexibility index (Phi) is 5.45. The smallest absolute Gasteiger partial charge is 0.279 e. The van der Waals surface area contributed by atoms with Crippen LogP contribution in [0.2, 0.25) is 0 Å². The van der Waals surface area contributed by atoms with E-state index in [2.05, 4.69) is 62.3 Å². The number of nitrogens with one attached hydrogen (secondary N) is 2. The number of piperidine rings is 1. The normalized spacial score (nSPS) is 14.9. The first-order valence-corrected chi connectivity index (χ1v) is 10.2. The third-order valence-electron chi connectivity index (χ3n) is 4.96. The van der Waals surface area contributed by atoms with Crippen LogP contribution in [0.3, 0.4) is 0 Å². The number of benzene rings is 1. The summed E-state index contributed by atoms with van der Waals surface area (Å²) in [5.74, 6) is -0.296. The Morgan fingerprint density at radius 2 is 1.93 bits per heavy atom. The number of aryl methyl sites for hydroxylation is 1. The van der Waals surface area contributed by atoms with E-state index in [0.717, 1.165) is 36.6 Å². The van der Waals surface area contributed by atoms with Crippen LogP contribution in [0.5, 0.6) is 0 Å². The largest absolute Gasteiger partial charge is 0.317 e. The fraction of sp³-hybridized carbons (Fsp3) is 0.421. The third kappa shape index (κ3) is 4.10. The average Bonchev–Trinajstić information content (AvgIpc) is 3.30. The number of nitrogens with zero attached hydrogens (tertiary/aromatic N) is 5. The van der Waals surface area contributed by atoms with Gasteiger partial charge < -0.3 is 5.32 Å². The lowest BCUT2D eigenvalue weighted by Gasteiger charge is -2.23. The lowest BCUT2D eigenvalue weighted by Crippen LogP contribution is -2.30. The predicted molar refractivity (Wildman–Crippen MR) is 108 cm³/mol. The standard InChI is InChI=1S/C19H23N7OS/c1-12-3-5-14(6-4-12)11-16-22-24-19(28-16)21-18(27)17-13(2)26(25-23-17)15-7-9-20-10-8-15/h3-6,15,20H,7-11H2,1-2H3,(H,21,24,27). The fourth-order valence-corrected chi connectivity index (χ4v) is 4.13. The molecule has 0 saturated carbocycles. The van der Waals surface area contributed by atoms with Gasteiger partial charge in [0.15, 0.2) is 5.69 Å². The van der Waals surface area contributed by atoms with E-state index in [4.69, 9.17) is 0 Å². The molecule has 8 nitrogen and oxygen atoms in total. The van der Waals surface area contributed by atoms with Crippen molar-refractivity contribution in [2.45, 2.75) is 39.2 Å². The molecule has 4 rings (SSSR count). The summed E-state index contributed by atoms with van der Waals surface area (Å²) in [6.45, 7) is 5.87. The molecule has 0 radical (unpaired) electrons. The SMILES string of the molecule is Cc1ccc(Cc2nnc(NC(=O)c3nnn(C4CCNCC4)c3C)s2)cc1. The molecule has 0 unspecified atom stereocenters. The second-order valence-electron chi connectivity index (χ2n) is 7.07. The molecule has 9 heteroatoms. The van der Waals surface area contributed by atoms with E-state index in [1.807, 2.05) is 11.6 Å². The molecular weight excluding hydrogens is 374 g/mol. The topological polar surface area (TPSA) is 97.6 Å². The Hall–Kier alpha value is -2.65. The van der Waals surface area contributed by atoms with E-state index >= 15 is 0 Å². The second-order valence-corrected chi connectivity index (χ2v) is 8.13. The Morgan fingerprint density at radius 1 is 1.18 bits per heavy atom. The number of hydrogen-bond donors (Lipinski definition) is 2. The summed E-state index contributed by atoms with van der Waals surface area (Å²) < 4.78 is 1.87. The molecule has 3 heterocycles. The van der Waals surface area contributed by atoms with Crippen molar-refractivity contribution in [1.29, 1.82) is 0 Å². The Bertz CT molecular complexity index is 957. The van der Waals surface area contributed by atoms with Gasteiger partial charge in [0.2, 0.25) is 5.13 Å². The van der Waals surface area contributed by atoms with E-state index in [1.165, 1.54) is 22.5 Å². The van der Waals surface area contributed by atoms with Crippen LogP contribution in [0.4, 0.5) is 5.13 Å². The molecule has 0 bridgehead atoms. The Labute approximate surface area is 167 Å². The van der Waals surface area contributed by atoms with Crippen LogP contribution in [-0.2, 0) is 6.42 Å². The number of rotatable bonds is 5. The van der Waals surface area contributed by atoms with Crippen molar-refractivity contribution in [3.63, 3.8) is 0 Å². The minimum atomic E-state index is -0.296. The Morgan fingerprint density at radius 3 is 2.68 bits per heavy atom. The maximum atomic E-state index is 12.6. The number of anilines is 1. The van der Waals surface area contributed by atoms with Crippen molar-refractivity contribution in [1.82, 2.24) is 30.5 Å². The van der Waals surface area contributed by atoms with Crippen molar-refractivity contribution in [3.8, 4) is 0 Å². The molecule has 1 amide bonds. The molecule has 2 N–H and O–H groups in total. The highest BCUT2D eigenvalue weighted by molar-refractivity contribution is 7.15. The van der Waals surface area contributed by atoms with Gasteiger partial charge in [-0.1, -0.05) is 46.4 Å². The Balaban J connectivity index is 1.42. The molecule has 0 atom stereocenters. The lowest BCUT2D eigenvalue weighted by molar-refractivity contribution is 0.102. The predicted octanol–water partition coefficient (Wildman–Crippen LogP) is 2.51. The van der Waals surface area contributed by atoms with Crippen molar-refractivity contribution in [2.75, 3.05) is 18.4 Å². The molecular formula is C19H23N7OS. The average molecular weight is 398 g/mol. The molecule has 0 aliphatic carbocycles. The van der Waals surface area contributed by atoms with Gasteiger partial charge in [-0.25, -0.2) is 4.68 Å².